The minimum Gasteiger partial charge on any atom is -0.334 e. The maximum Gasteiger partial charge on any atom is 0.322 e. The van der Waals surface area contributed by atoms with Gasteiger partial charge in [0.05, 0.1) is 18.2 Å². The van der Waals surface area contributed by atoms with Crippen molar-refractivity contribution in [1.82, 2.24) is 20.4 Å². The van der Waals surface area contributed by atoms with Gasteiger partial charge >= 0.3 is 6.03 Å². The van der Waals surface area contributed by atoms with Crippen LogP contribution in [0.5, 0.6) is 0 Å². The molecular formula is C30H30N4O2. The number of carbonyl (C=O) groups excluding carboxylic acids is 1. The van der Waals surface area contributed by atoms with Crippen molar-refractivity contribution in [2.24, 2.45) is 0 Å². The molecule has 0 aliphatic carbocycles. The van der Waals surface area contributed by atoms with Crippen LogP contribution in [0.1, 0.15) is 55.0 Å². The van der Waals surface area contributed by atoms with Gasteiger partial charge in [-0.05, 0) is 42.0 Å². The van der Waals surface area contributed by atoms with Gasteiger partial charge in [0.25, 0.3) is 5.89 Å². The van der Waals surface area contributed by atoms with Crippen molar-refractivity contribution in [2.75, 3.05) is 0 Å². The van der Waals surface area contributed by atoms with E-state index < -0.39 is 6.04 Å². The molecule has 2 amide bonds. The molecule has 4 aromatic rings. The summed E-state index contributed by atoms with van der Waals surface area (Å²) in [7, 11) is 0. The largest absolute Gasteiger partial charge is 0.334 e. The van der Waals surface area contributed by atoms with Crippen LogP contribution >= 0.6 is 0 Å². The van der Waals surface area contributed by atoms with Gasteiger partial charge in [-0.2, -0.15) is 4.98 Å². The standard InChI is InChI=1S/C30H30N4O2/c1-4-21-11-13-23(14-12-21)19-34-20(3)26(27(31-30(34)35)24-9-7-6-8-10-24)29-32-28(33-36-29)25-17-15-22(5-2)16-18-25/h6-18,27H,4-5,19H2,1-3H3,(H,31,35). The van der Waals surface area contributed by atoms with Crippen LogP contribution in [0.4, 0.5) is 4.79 Å². The fourth-order valence-electron chi connectivity index (χ4n) is 4.55. The molecule has 0 spiro atoms. The van der Waals surface area contributed by atoms with E-state index in [4.69, 9.17) is 9.51 Å². The first-order valence-electron chi connectivity index (χ1n) is 12.4. The number of benzene rings is 3. The molecule has 1 aliphatic heterocycles. The van der Waals surface area contributed by atoms with Gasteiger partial charge in [-0.3, -0.25) is 4.90 Å². The first-order chi connectivity index (χ1) is 17.6. The van der Waals surface area contributed by atoms with Crippen LogP contribution in [-0.4, -0.2) is 21.1 Å². The number of hydrogen-bond acceptors (Lipinski definition) is 4. The van der Waals surface area contributed by atoms with Crippen LogP contribution < -0.4 is 5.32 Å². The molecule has 0 saturated heterocycles. The Morgan fingerprint density at radius 2 is 1.47 bits per heavy atom. The van der Waals surface area contributed by atoms with E-state index in [1.165, 1.54) is 11.1 Å². The van der Waals surface area contributed by atoms with Crippen LogP contribution in [0.15, 0.2) is 89.1 Å². The number of amides is 2. The lowest BCUT2D eigenvalue weighted by Crippen LogP contribution is -2.45. The van der Waals surface area contributed by atoms with Crippen molar-refractivity contribution < 1.29 is 9.32 Å². The molecule has 1 aromatic heterocycles. The van der Waals surface area contributed by atoms with Gasteiger partial charge in [-0.25, -0.2) is 4.79 Å². The number of carbonyl (C=O) groups is 1. The number of aromatic nitrogens is 2. The van der Waals surface area contributed by atoms with E-state index in [2.05, 4.69) is 60.7 Å². The van der Waals surface area contributed by atoms with Crippen molar-refractivity contribution >= 4 is 11.6 Å². The number of allylic oxidation sites excluding steroid dienone is 1. The zero-order valence-electron chi connectivity index (χ0n) is 20.9. The summed E-state index contributed by atoms with van der Waals surface area (Å²) in [5, 5.41) is 7.45. The van der Waals surface area contributed by atoms with Gasteiger partial charge in [-0.1, -0.05) is 97.9 Å². The van der Waals surface area contributed by atoms with E-state index in [9.17, 15) is 4.79 Å². The maximum atomic E-state index is 13.3. The first-order valence-corrected chi connectivity index (χ1v) is 12.4. The number of aryl methyl sites for hydroxylation is 2. The Hall–Kier alpha value is -4.19. The molecule has 0 saturated carbocycles. The molecule has 0 bridgehead atoms. The second-order valence-electron chi connectivity index (χ2n) is 9.02. The first kappa shape index (κ1) is 23.5. The number of rotatable bonds is 7. The molecule has 1 N–H and O–H groups in total. The van der Waals surface area contributed by atoms with E-state index in [-0.39, 0.29) is 6.03 Å². The van der Waals surface area contributed by atoms with Gasteiger partial charge in [0.1, 0.15) is 0 Å². The monoisotopic (exact) mass is 478 g/mol. The highest BCUT2D eigenvalue weighted by Gasteiger charge is 2.35. The number of urea groups is 1. The third-order valence-electron chi connectivity index (χ3n) is 6.78. The molecule has 2 heterocycles. The molecule has 1 aliphatic rings. The molecule has 36 heavy (non-hydrogen) atoms. The normalized spacial score (nSPS) is 15.8. The Labute approximate surface area is 211 Å². The molecule has 0 radical (unpaired) electrons. The summed E-state index contributed by atoms with van der Waals surface area (Å²) in [6.45, 7) is 6.66. The Morgan fingerprint density at radius 1 is 0.861 bits per heavy atom. The van der Waals surface area contributed by atoms with E-state index >= 15 is 0 Å². The zero-order chi connectivity index (χ0) is 25.1. The summed E-state index contributed by atoms with van der Waals surface area (Å²) < 4.78 is 5.80. The second kappa shape index (κ2) is 10.2. The molecular weight excluding hydrogens is 448 g/mol. The summed E-state index contributed by atoms with van der Waals surface area (Å²) in [4.78, 5) is 19.8. The molecule has 6 nitrogen and oxygen atoms in total. The van der Waals surface area contributed by atoms with Gasteiger partial charge in [0.15, 0.2) is 0 Å². The Balaban J connectivity index is 1.55. The summed E-state index contributed by atoms with van der Waals surface area (Å²) in [5.41, 5.74) is 7.02. The van der Waals surface area contributed by atoms with Crippen molar-refractivity contribution in [2.45, 2.75) is 46.2 Å². The average Bonchev–Trinajstić information content (AvgIpc) is 3.41. The fraction of sp³-hybridized carbons (Fsp3) is 0.233. The van der Waals surface area contributed by atoms with Crippen molar-refractivity contribution in [3.05, 3.63) is 113 Å². The van der Waals surface area contributed by atoms with Gasteiger partial charge in [0, 0.05) is 11.3 Å². The lowest BCUT2D eigenvalue weighted by Gasteiger charge is -2.35. The summed E-state index contributed by atoms with van der Waals surface area (Å²) in [5.74, 6) is 0.931. The lowest BCUT2D eigenvalue weighted by atomic mass is 9.94. The summed E-state index contributed by atoms with van der Waals surface area (Å²) in [6, 6.07) is 25.9. The second-order valence-corrected chi connectivity index (χ2v) is 9.02. The molecule has 182 valence electrons. The summed E-state index contributed by atoms with van der Waals surface area (Å²) >= 11 is 0. The molecule has 5 rings (SSSR count). The minimum absolute atomic E-state index is 0.153. The zero-order valence-corrected chi connectivity index (χ0v) is 20.9. The van der Waals surface area contributed by atoms with Crippen molar-refractivity contribution in [3.8, 4) is 11.4 Å². The quantitative estimate of drug-likeness (QED) is 0.327. The van der Waals surface area contributed by atoms with Crippen molar-refractivity contribution in [3.63, 3.8) is 0 Å². The fourth-order valence-corrected chi connectivity index (χ4v) is 4.55. The highest BCUT2D eigenvalue weighted by Crippen LogP contribution is 2.37. The van der Waals surface area contributed by atoms with E-state index in [0.29, 0.717) is 18.3 Å². The predicted octanol–water partition coefficient (Wildman–Crippen LogP) is 6.56. The molecule has 3 aromatic carbocycles. The van der Waals surface area contributed by atoms with Crippen LogP contribution in [0.2, 0.25) is 0 Å². The SMILES string of the molecule is CCc1ccc(CN2C(=O)NC(c3ccccc3)C(c3nc(-c4ccc(CC)cc4)no3)=C2C)cc1. The van der Waals surface area contributed by atoms with Gasteiger partial charge in [0.2, 0.25) is 5.82 Å². The topological polar surface area (TPSA) is 71.3 Å². The van der Waals surface area contributed by atoms with Crippen LogP contribution in [0.25, 0.3) is 17.0 Å². The molecule has 0 fully saturated rings. The Morgan fingerprint density at radius 3 is 2.11 bits per heavy atom. The van der Waals surface area contributed by atoms with Crippen LogP contribution in [-0.2, 0) is 19.4 Å². The predicted molar refractivity (Wildman–Crippen MR) is 141 cm³/mol. The number of nitrogens with zero attached hydrogens (tertiary/aromatic N) is 3. The number of nitrogens with one attached hydrogen (secondary N) is 1. The van der Waals surface area contributed by atoms with Crippen LogP contribution in [0.3, 0.4) is 0 Å². The average molecular weight is 479 g/mol. The summed E-state index contributed by atoms with van der Waals surface area (Å²) in [6.07, 6.45) is 1.95. The highest BCUT2D eigenvalue weighted by atomic mass is 16.5. The molecule has 6 heteroatoms. The third kappa shape index (κ3) is 4.67. The van der Waals surface area contributed by atoms with E-state index in [0.717, 1.165) is 40.8 Å². The minimum atomic E-state index is -0.395. The maximum absolute atomic E-state index is 13.3. The molecule has 1 atom stereocenters. The lowest BCUT2D eigenvalue weighted by molar-refractivity contribution is 0.203. The third-order valence-corrected chi connectivity index (χ3v) is 6.78. The van der Waals surface area contributed by atoms with E-state index in [1.54, 1.807) is 4.90 Å². The smallest absolute Gasteiger partial charge is 0.322 e. The Bertz CT molecular complexity index is 1370. The molecule has 1 unspecified atom stereocenters. The number of hydrogen-bond donors (Lipinski definition) is 1. The highest BCUT2D eigenvalue weighted by molar-refractivity contribution is 5.86. The Kier molecular flexibility index (Phi) is 6.67. The van der Waals surface area contributed by atoms with Gasteiger partial charge < -0.3 is 9.84 Å². The van der Waals surface area contributed by atoms with Crippen LogP contribution in [0, 0.1) is 0 Å². The van der Waals surface area contributed by atoms with Gasteiger partial charge in [-0.15, -0.1) is 0 Å². The van der Waals surface area contributed by atoms with Crippen molar-refractivity contribution in [1.29, 1.82) is 0 Å². The van der Waals surface area contributed by atoms with E-state index in [1.807, 2.05) is 49.4 Å².